The van der Waals surface area contributed by atoms with Crippen molar-refractivity contribution in [2.75, 3.05) is 6.61 Å². The van der Waals surface area contributed by atoms with E-state index in [4.69, 9.17) is 4.74 Å². The number of Topliss-reactive ketones (excluding diaryl/α,β-unsaturated/α-hetero) is 1. The van der Waals surface area contributed by atoms with Crippen LogP contribution in [0, 0.1) is 13.8 Å². The highest BCUT2D eigenvalue weighted by Gasteiger charge is 2.23. The summed E-state index contributed by atoms with van der Waals surface area (Å²) in [6, 6.07) is 0. The molecule has 0 aromatic carbocycles. The molecule has 1 aromatic heterocycles. The second kappa shape index (κ2) is 6.77. The van der Waals surface area contributed by atoms with E-state index in [0.29, 0.717) is 16.8 Å². The molecule has 0 saturated carbocycles. The smallest absolute Gasteiger partial charge is 0.355 e. The number of esters is 1. The molecule has 0 atom stereocenters. The first-order valence-corrected chi connectivity index (χ1v) is 7.27. The molecule has 0 aliphatic carbocycles. The average molecular weight is 308 g/mol. The summed E-state index contributed by atoms with van der Waals surface area (Å²) in [5, 5.41) is 2.78. The number of aromatic amines is 1. The Balaban J connectivity index is 2.73. The molecule has 6 heteroatoms. The minimum atomic E-state index is -0.641. The summed E-state index contributed by atoms with van der Waals surface area (Å²) in [4.78, 5) is 38.2. The van der Waals surface area contributed by atoms with Gasteiger partial charge in [0.15, 0.2) is 12.4 Å². The number of aryl methyl sites for hydroxylation is 1. The van der Waals surface area contributed by atoms with E-state index in [0.717, 1.165) is 6.42 Å². The Morgan fingerprint density at radius 3 is 2.27 bits per heavy atom. The van der Waals surface area contributed by atoms with Gasteiger partial charge in [0.05, 0.1) is 0 Å². The third kappa shape index (κ3) is 4.19. The maximum absolute atomic E-state index is 12.0. The molecule has 0 unspecified atom stereocenters. The first-order valence-electron chi connectivity index (χ1n) is 7.27. The quantitative estimate of drug-likeness (QED) is 0.623. The molecular weight excluding hydrogens is 284 g/mol. The van der Waals surface area contributed by atoms with Crippen LogP contribution in [0.4, 0.5) is 0 Å². The zero-order chi connectivity index (χ0) is 17.1. The molecule has 0 bridgehead atoms. The predicted molar refractivity (Wildman–Crippen MR) is 83.1 cm³/mol. The van der Waals surface area contributed by atoms with Gasteiger partial charge in [0.25, 0.3) is 5.91 Å². The van der Waals surface area contributed by atoms with Crippen molar-refractivity contribution in [1.82, 2.24) is 10.3 Å². The molecule has 6 nitrogen and oxygen atoms in total. The fraction of sp³-hybridized carbons (Fsp3) is 0.562. The second-order valence-corrected chi connectivity index (χ2v) is 6.04. The van der Waals surface area contributed by atoms with Gasteiger partial charge in [0.2, 0.25) is 0 Å². The number of hydrogen-bond acceptors (Lipinski definition) is 4. The maximum atomic E-state index is 12.0. The summed E-state index contributed by atoms with van der Waals surface area (Å²) in [5.74, 6) is -1.11. The number of ether oxygens (including phenoxy) is 1. The molecule has 0 spiro atoms. The number of H-pyrrole nitrogens is 1. The van der Waals surface area contributed by atoms with Crippen molar-refractivity contribution in [3.8, 4) is 0 Å². The number of carbonyl (C=O) groups excluding carboxylic acids is 3. The van der Waals surface area contributed by atoms with Crippen molar-refractivity contribution >= 4 is 17.7 Å². The fourth-order valence-electron chi connectivity index (χ4n) is 2.19. The molecule has 2 N–H and O–H groups in total. The van der Waals surface area contributed by atoms with E-state index in [2.05, 4.69) is 10.3 Å². The molecule has 1 amide bonds. The number of hydrogen-bond donors (Lipinski definition) is 2. The van der Waals surface area contributed by atoms with Crippen LogP contribution < -0.4 is 5.32 Å². The van der Waals surface area contributed by atoms with Crippen LogP contribution in [0.3, 0.4) is 0 Å². The van der Waals surface area contributed by atoms with Gasteiger partial charge in [-0.3, -0.25) is 9.59 Å². The Kier molecular flexibility index (Phi) is 5.52. The van der Waals surface area contributed by atoms with Gasteiger partial charge in [0, 0.05) is 16.8 Å². The summed E-state index contributed by atoms with van der Waals surface area (Å²) < 4.78 is 5.02. The Bertz CT molecular complexity index is 600. The van der Waals surface area contributed by atoms with Crippen LogP contribution in [-0.4, -0.2) is 34.8 Å². The van der Waals surface area contributed by atoms with Crippen molar-refractivity contribution < 1.29 is 19.1 Å². The topological polar surface area (TPSA) is 88.3 Å². The number of amides is 1. The van der Waals surface area contributed by atoms with Gasteiger partial charge >= 0.3 is 5.97 Å². The minimum absolute atomic E-state index is 0.118. The highest BCUT2D eigenvalue weighted by molar-refractivity contribution is 6.01. The summed E-state index contributed by atoms with van der Waals surface area (Å²) in [6.45, 7) is 10.2. The molecule has 1 rings (SSSR count). The van der Waals surface area contributed by atoms with E-state index in [9.17, 15) is 14.4 Å². The zero-order valence-corrected chi connectivity index (χ0v) is 14.0. The second-order valence-electron chi connectivity index (χ2n) is 6.04. The molecule has 0 aliphatic heterocycles. The van der Waals surface area contributed by atoms with Crippen molar-refractivity contribution in [2.45, 2.75) is 53.5 Å². The van der Waals surface area contributed by atoms with Crippen LogP contribution >= 0.6 is 0 Å². The lowest BCUT2D eigenvalue weighted by Crippen LogP contribution is -2.44. The summed E-state index contributed by atoms with van der Waals surface area (Å²) in [6.07, 6.45) is 0.767. The number of ketones is 1. The van der Waals surface area contributed by atoms with E-state index in [1.165, 1.54) is 6.92 Å². The number of rotatable bonds is 6. The van der Waals surface area contributed by atoms with Crippen LogP contribution in [-0.2, 0) is 9.53 Å². The van der Waals surface area contributed by atoms with E-state index in [-0.39, 0.29) is 29.5 Å². The fourth-order valence-corrected chi connectivity index (χ4v) is 2.19. The molecule has 0 saturated heterocycles. The number of nitrogens with one attached hydrogen (secondary N) is 2. The average Bonchev–Trinajstić information content (AvgIpc) is 2.71. The van der Waals surface area contributed by atoms with E-state index in [1.54, 1.807) is 13.8 Å². The SMILES string of the molecule is CCC(C)(C)NC(=O)COC(=O)c1[nH]c(C)c(C(C)=O)c1C. The van der Waals surface area contributed by atoms with Gasteiger partial charge in [0.1, 0.15) is 5.69 Å². The Morgan fingerprint density at radius 1 is 1.23 bits per heavy atom. The highest BCUT2D eigenvalue weighted by Crippen LogP contribution is 2.19. The van der Waals surface area contributed by atoms with Gasteiger partial charge in [-0.2, -0.15) is 0 Å². The lowest BCUT2D eigenvalue weighted by Gasteiger charge is -2.24. The van der Waals surface area contributed by atoms with Crippen LogP contribution in [0.5, 0.6) is 0 Å². The van der Waals surface area contributed by atoms with Crippen LogP contribution in [0.25, 0.3) is 0 Å². The predicted octanol–water partition coefficient (Wildman–Crippen LogP) is 2.30. The molecular formula is C16H24N2O4. The molecule has 0 radical (unpaired) electrons. The summed E-state index contributed by atoms with van der Waals surface area (Å²) in [5.41, 5.74) is 1.52. The lowest BCUT2D eigenvalue weighted by molar-refractivity contribution is -0.125. The summed E-state index contributed by atoms with van der Waals surface area (Å²) >= 11 is 0. The van der Waals surface area contributed by atoms with E-state index >= 15 is 0 Å². The largest absolute Gasteiger partial charge is 0.451 e. The normalized spacial score (nSPS) is 11.2. The Morgan fingerprint density at radius 2 is 1.82 bits per heavy atom. The first kappa shape index (κ1) is 17.9. The number of carbonyl (C=O) groups is 3. The third-order valence-electron chi connectivity index (χ3n) is 3.69. The van der Waals surface area contributed by atoms with Gasteiger partial charge in [-0.05, 0) is 46.6 Å². The zero-order valence-electron chi connectivity index (χ0n) is 14.0. The van der Waals surface area contributed by atoms with Gasteiger partial charge in [-0.1, -0.05) is 6.92 Å². The van der Waals surface area contributed by atoms with Crippen LogP contribution in [0.15, 0.2) is 0 Å². The third-order valence-corrected chi connectivity index (χ3v) is 3.69. The van der Waals surface area contributed by atoms with Gasteiger partial charge < -0.3 is 15.0 Å². The molecule has 1 aromatic rings. The monoisotopic (exact) mass is 308 g/mol. The Hall–Kier alpha value is -2.11. The van der Waals surface area contributed by atoms with E-state index in [1.807, 2.05) is 20.8 Å². The minimum Gasteiger partial charge on any atom is -0.451 e. The molecule has 0 fully saturated rings. The molecule has 22 heavy (non-hydrogen) atoms. The lowest BCUT2D eigenvalue weighted by atomic mass is 10.0. The number of aromatic nitrogens is 1. The van der Waals surface area contributed by atoms with Crippen molar-refractivity contribution in [1.29, 1.82) is 0 Å². The van der Waals surface area contributed by atoms with E-state index < -0.39 is 5.97 Å². The van der Waals surface area contributed by atoms with Crippen molar-refractivity contribution in [2.24, 2.45) is 0 Å². The molecule has 1 heterocycles. The van der Waals surface area contributed by atoms with Crippen molar-refractivity contribution in [3.63, 3.8) is 0 Å². The highest BCUT2D eigenvalue weighted by atomic mass is 16.5. The first-order chi connectivity index (χ1) is 10.1. The van der Waals surface area contributed by atoms with Crippen LogP contribution in [0.2, 0.25) is 0 Å². The molecule has 122 valence electrons. The maximum Gasteiger partial charge on any atom is 0.355 e. The summed E-state index contributed by atoms with van der Waals surface area (Å²) in [7, 11) is 0. The van der Waals surface area contributed by atoms with Gasteiger partial charge in [-0.25, -0.2) is 4.79 Å². The molecule has 0 aliphatic rings. The standard InChI is InChI=1S/C16H24N2O4/c1-7-16(5,6)18-12(20)8-22-15(21)14-9(2)13(11(4)19)10(3)17-14/h17H,7-8H2,1-6H3,(H,18,20). The Labute approximate surface area is 130 Å². The van der Waals surface area contributed by atoms with Crippen LogP contribution in [0.1, 0.15) is 66.2 Å². The van der Waals surface area contributed by atoms with Crippen molar-refractivity contribution in [3.05, 3.63) is 22.5 Å². The van der Waals surface area contributed by atoms with Gasteiger partial charge in [-0.15, -0.1) is 0 Å².